The van der Waals surface area contributed by atoms with Crippen LogP contribution >= 0.6 is 0 Å². The van der Waals surface area contributed by atoms with Gasteiger partial charge in [-0.3, -0.25) is 0 Å². The van der Waals surface area contributed by atoms with E-state index in [0.717, 1.165) is 0 Å². The molecule has 0 aromatic rings. The van der Waals surface area contributed by atoms with E-state index in [1.807, 2.05) is 0 Å². The van der Waals surface area contributed by atoms with Gasteiger partial charge in [-0.05, 0) is 31.8 Å². The molecular weight excluding hydrogens is 170 g/mol. The molecule has 1 nitrogen and oxygen atoms in total. The predicted molar refractivity (Wildman–Crippen MR) is 63.2 cm³/mol. The van der Waals surface area contributed by atoms with Crippen molar-refractivity contribution in [2.24, 2.45) is 0 Å². The van der Waals surface area contributed by atoms with Gasteiger partial charge in [-0.1, -0.05) is 38.8 Å². The predicted octanol–water partition coefficient (Wildman–Crippen LogP) is 3.78. The molecule has 1 aliphatic carbocycles. The van der Waals surface area contributed by atoms with Crippen molar-refractivity contribution in [2.45, 2.75) is 58.4 Å². The third-order valence-corrected chi connectivity index (χ3v) is 2.80. The van der Waals surface area contributed by atoms with Crippen LogP contribution in [-0.2, 0) is 0 Å². The molecule has 0 aromatic heterocycles. The van der Waals surface area contributed by atoms with Crippen LogP contribution in [0.1, 0.15) is 52.4 Å². The first-order chi connectivity index (χ1) is 6.86. The average molecular weight is 193 g/mol. The maximum atomic E-state index is 3.65. The van der Waals surface area contributed by atoms with E-state index in [9.17, 15) is 0 Å². The third kappa shape index (κ3) is 3.99. The van der Waals surface area contributed by atoms with Gasteiger partial charge in [0.2, 0.25) is 0 Å². The molecule has 0 radical (unpaired) electrons. The van der Waals surface area contributed by atoms with Gasteiger partial charge in [0, 0.05) is 11.7 Å². The lowest BCUT2D eigenvalue weighted by Gasteiger charge is -2.21. The number of hydrogen-bond acceptors (Lipinski definition) is 1. The van der Waals surface area contributed by atoms with Crippen molar-refractivity contribution in [1.82, 2.24) is 5.32 Å². The second-order valence-corrected chi connectivity index (χ2v) is 4.05. The van der Waals surface area contributed by atoms with Gasteiger partial charge in [0.25, 0.3) is 0 Å². The van der Waals surface area contributed by atoms with E-state index in [-0.39, 0.29) is 0 Å². The Morgan fingerprint density at radius 3 is 2.86 bits per heavy atom. The lowest BCUT2D eigenvalue weighted by atomic mass is 10.1. The van der Waals surface area contributed by atoms with Gasteiger partial charge in [-0.2, -0.15) is 0 Å². The summed E-state index contributed by atoms with van der Waals surface area (Å²) >= 11 is 0. The summed E-state index contributed by atoms with van der Waals surface area (Å²) in [4.78, 5) is 0. The van der Waals surface area contributed by atoms with Crippen LogP contribution in [-0.4, -0.2) is 6.04 Å². The summed E-state index contributed by atoms with van der Waals surface area (Å²) in [6.45, 7) is 4.53. The highest BCUT2D eigenvalue weighted by molar-refractivity contribution is 5.16. The molecule has 0 spiro atoms. The fraction of sp³-hybridized carbons (Fsp3) is 0.692. The summed E-state index contributed by atoms with van der Waals surface area (Å²) in [5.74, 6) is 0. The largest absolute Gasteiger partial charge is 0.386 e. The zero-order chi connectivity index (χ0) is 10.2. The standard InChI is InChI=1S/C13H23N/c1-3-5-9-12(4-2)14-13-10-7-6-8-11-13/h6-7,10,12,14H,3-5,8-9,11H2,1-2H3. The van der Waals surface area contributed by atoms with Crippen molar-refractivity contribution in [3.8, 4) is 0 Å². The molecule has 0 amide bonds. The summed E-state index contributed by atoms with van der Waals surface area (Å²) in [7, 11) is 0. The summed E-state index contributed by atoms with van der Waals surface area (Å²) < 4.78 is 0. The van der Waals surface area contributed by atoms with Gasteiger partial charge in [0.1, 0.15) is 0 Å². The number of allylic oxidation sites excluding steroid dienone is 4. The number of rotatable bonds is 6. The topological polar surface area (TPSA) is 12.0 Å². The Bertz CT molecular complexity index is 203. The Morgan fingerprint density at radius 1 is 1.43 bits per heavy atom. The molecule has 0 heterocycles. The van der Waals surface area contributed by atoms with E-state index < -0.39 is 0 Å². The van der Waals surface area contributed by atoms with Gasteiger partial charge in [0.05, 0.1) is 0 Å². The monoisotopic (exact) mass is 193 g/mol. The molecule has 14 heavy (non-hydrogen) atoms. The van der Waals surface area contributed by atoms with Gasteiger partial charge in [-0.25, -0.2) is 0 Å². The zero-order valence-electron chi connectivity index (χ0n) is 9.55. The Hall–Kier alpha value is -0.720. The first-order valence-corrected chi connectivity index (χ1v) is 5.99. The van der Waals surface area contributed by atoms with Gasteiger partial charge >= 0.3 is 0 Å². The molecule has 1 unspecified atom stereocenters. The lowest BCUT2D eigenvalue weighted by molar-refractivity contribution is 0.483. The summed E-state index contributed by atoms with van der Waals surface area (Å²) in [6.07, 6.45) is 14.2. The molecule has 0 saturated heterocycles. The number of hydrogen-bond donors (Lipinski definition) is 1. The molecule has 1 atom stereocenters. The molecule has 1 rings (SSSR count). The minimum absolute atomic E-state index is 0.688. The molecule has 0 fully saturated rings. The summed E-state index contributed by atoms with van der Waals surface area (Å²) in [5, 5.41) is 3.65. The smallest absolute Gasteiger partial charge is 0.0255 e. The van der Waals surface area contributed by atoms with E-state index in [0.29, 0.717) is 6.04 Å². The van der Waals surface area contributed by atoms with E-state index in [2.05, 4.69) is 37.4 Å². The van der Waals surface area contributed by atoms with Crippen molar-refractivity contribution in [2.75, 3.05) is 0 Å². The van der Waals surface area contributed by atoms with Gasteiger partial charge in [0.15, 0.2) is 0 Å². The van der Waals surface area contributed by atoms with Gasteiger partial charge in [-0.15, -0.1) is 0 Å². The Labute approximate surface area is 88.3 Å². The molecular formula is C13H23N. The highest BCUT2D eigenvalue weighted by Crippen LogP contribution is 2.12. The minimum atomic E-state index is 0.688. The van der Waals surface area contributed by atoms with E-state index >= 15 is 0 Å². The Kier molecular flexibility index (Phi) is 5.43. The van der Waals surface area contributed by atoms with E-state index in [1.165, 1.54) is 44.2 Å². The molecule has 1 aliphatic rings. The first-order valence-electron chi connectivity index (χ1n) is 5.99. The second kappa shape index (κ2) is 6.69. The van der Waals surface area contributed by atoms with Crippen LogP contribution < -0.4 is 5.32 Å². The highest BCUT2D eigenvalue weighted by Gasteiger charge is 2.07. The van der Waals surface area contributed by atoms with Crippen LogP contribution in [0.15, 0.2) is 23.9 Å². The summed E-state index contributed by atoms with van der Waals surface area (Å²) in [5.41, 5.74) is 1.43. The second-order valence-electron chi connectivity index (χ2n) is 4.05. The van der Waals surface area contributed by atoms with Crippen LogP contribution in [0.25, 0.3) is 0 Å². The SMILES string of the molecule is CCCCC(CC)NC1=CC=CCC1. The van der Waals surface area contributed by atoms with Gasteiger partial charge < -0.3 is 5.32 Å². The minimum Gasteiger partial charge on any atom is -0.386 e. The molecule has 1 heteroatoms. The summed E-state index contributed by atoms with van der Waals surface area (Å²) in [6, 6.07) is 0.688. The molecule has 0 aliphatic heterocycles. The van der Waals surface area contributed by atoms with Crippen molar-refractivity contribution in [1.29, 1.82) is 0 Å². The van der Waals surface area contributed by atoms with Crippen molar-refractivity contribution in [3.63, 3.8) is 0 Å². The third-order valence-electron chi connectivity index (χ3n) is 2.80. The maximum absolute atomic E-state index is 3.65. The van der Waals surface area contributed by atoms with E-state index in [1.54, 1.807) is 0 Å². The van der Waals surface area contributed by atoms with Crippen LogP contribution in [0.5, 0.6) is 0 Å². The van der Waals surface area contributed by atoms with Crippen LogP contribution in [0.3, 0.4) is 0 Å². The molecule has 1 N–H and O–H groups in total. The maximum Gasteiger partial charge on any atom is 0.0255 e. The quantitative estimate of drug-likeness (QED) is 0.677. The fourth-order valence-corrected chi connectivity index (χ4v) is 1.81. The normalized spacial score (nSPS) is 17.7. The highest BCUT2D eigenvalue weighted by atomic mass is 14.9. The van der Waals surface area contributed by atoms with Crippen LogP contribution in [0.4, 0.5) is 0 Å². The van der Waals surface area contributed by atoms with Crippen molar-refractivity contribution < 1.29 is 0 Å². The van der Waals surface area contributed by atoms with Crippen LogP contribution in [0.2, 0.25) is 0 Å². The van der Waals surface area contributed by atoms with Crippen LogP contribution in [0, 0.1) is 0 Å². The average Bonchev–Trinajstić information content (AvgIpc) is 2.25. The Balaban J connectivity index is 2.31. The van der Waals surface area contributed by atoms with Crippen molar-refractivity contribution >= 4 is 0 Å². The zero-order valence-corrected chi connectivity index (χ0v) is 9.55. The number of nitrogens with one attached hydrogen (secondary N) is 1. The first kappa shape index (κ1) is 11.4. The van der Waals surface area contributed by atoms with E-state index in [4.69, 9.17) is 0 Å². The Morgan fingerprint density at radius 2 is 2.29 bits per heavy atom. The van der Waals surface area contributed by atoms with Crippen molar-refractivity contribution in [3.05, 3.63) is 23.9 Å². The lowest BCUT2D eigenvalue weighted by Crippen LogP contribution is -2.28. The number of unbranched alkanes of at least 4 members (excludes halogenated alkanes) is 1. The molecule has 0 saturated carbocycles. The fourth-order valence-electron chi connectivity index (χ4n) is 1.81. The molecule has 0 bridgehead atoms. The molecule has 80 valence electrons. The molecule has 0 aromatic carbocycles.